The second-order valence-electron chi connectivity index (χ2n) is 3.89. The number of aromatic nitrogens is 2. The predicted molar refractivity (Wildman–Crippen MR) is 67.2 cm³/mol. The van der Waals surface area contributed by atoms with E-state index in [1.807, 2.05) is 0 Å². The molecule has 0 unspecified atom stereocenters. The van der Waals surface area contributed by atoms with Crippen LogP contribution in [0.25, 0.3) is 5.65 Å². The molecule has 94 valence electrons. The van der Waals surface area contributed by atoms with Crippen LogP contribution in [-0.2, 0) is 6.42 Å². The van der Waals surface area contributed by atoms with Gasteiger partial charge in [0.05, 0.1) is 10.5 Å². The Morgan fingerprint density at radius 3 is 2.78 bits per heavy atom. The molecule has 2 heterocycles. The lowest BCUT2D eigenvalue weighted by Crippen LogP contribution is -2.20. The number of aryl methyl sites for hydroxylation is 1. The van der Waals surface area contributed by atoms with Crippen LogP contribution < -0.4 is 5.56 Å². The molecule has 0 aliphatic carbocycles. The summed E-state index contributed by atoms with van der Waals surface area (Å²) in [6.45, 7) is 3.46. The lowest BCUT2D eigenvalue weighted by molar-refractivity contribution is -0.383. The number of pyridine rings is 1. The standard InChI is InChI=1S/C11H10ClN3O3/c1-3-7-9(12)13-10-8(15(17)18)4-6(2)5-14(10)11(7)16/h4-5H,3H2,1-2H3. The molecule has 0 spiro atoms. The molecule has 2 aromatic heterocycles. The largest absolute Gasteiger partial charge is 0.312 e. The summed E-state index contributed by atoms with van der Waals surface area (Å²) in [6.07, 6.45) is 1.95. The van der Waals surface area contributed by atoms with Crippen molar-refractivity contribution < 1.29 is 4.92 Å². The van der Waals surface area contributed by atoms with Crippen molar-refractivity contribution in [3.05, 3.63) is 49.0 Å². The smallest absolute Gasteiger partial charge is 0.269 e. The molecule has 0 amide bonds. The first-order valence-electron chi connectivity index (χ1n) is 5.31. The van der Waals surface area contributed by atoms with Crippen LogP contribution in [0.1, 0.15) is 18.1 Å². The van der Waals surface area contributed by atoms with Gasteiger partial charge in [-0.25, -0.2) is 4.98 Å². The summed E-state index contributed by atoms with van der Waals surface area (Å²) in [4.78, 5) is 26.5. The molecule has 2 aromatic rings. The van der Waals surface area contributed by atoms with Crippen molar-refractivity contribution in [2.75, 3.05) is 0 Å². The van der Waals surface area contributed by atoms with Crippen LogP contribution in [0.2, 0.25) is 5.15 Å². The van der Waals surface area contributed by atoms with Gasteiger partial charge in [-0.1, -0.05) is 18.5 Å². The molecule has 0 aliphatic heterocycles. The van der Waals surface area contributed by atoms with E-state index in [2.05, 4.69) is 4.98 Å². The minimum Gasteiger partial charge on any atom is -0.269 e. The summed E-state index contributed by atoms with van der Waals surface area (Å²) in [5.41, 5.74) is 0.352. The van der Waals surface area contributed by atoms with Crippen molar-refractivity contribution in [2.45, 2.75) is 20.3 Å². The third-order valence-electron chi connectivity index (χ3n) is 2.63. The van der Waals surface area contributed by atoms with Gasteiger partial charge < -0.3 is 0 Å². The number of nitro groups is 1. The number of hydrogen-bond acceptors (Lipinski definition) is 4. The van der Waals surface area contributed by atoms with E-state index in [1.165, 1.54) is 16.7 Å². The zero-order valence-electron chi connectivity index (χ0n) is 9.81. The minimum absolute atomic E-state index is 0.0226. The van der Waals surface area contributed by atoms with E-state index in [0.717, 1.165) is 0 Å². The summed E-state index contributed by atoms with van der Waals surface area (Å²) in [7, 11) is 0. The fourth-order valence-electron chi connectivity index (χ4n) is 1.80. The molecule has 0 atom stereocenters. The molecule has 0 saturated heterocycles. The lowest BCUT2D eigenvalue weighted by Gasteiger charge is -2.06. The Hall–Kier alpha value is -1.95. The zero-order valence-corrected chi connectivity index (χ0v) is 10.6. The third kappa shape index (κ3) is 1.84. The van der Waals surface area contributed by atoms with E-state index >= 15 is 0 Å². The molecule has 0 aliphatic rings. The predicted octanol–water partition coefficient (Wildman–Crippen LogP) is 2.13. The van der Waals surface area contributed by atoms with Gasteiger partial charge in [0, 0.05) is 12.3 Å². The van der Waals surface area contributed by atoms with Gasteiger partial charge in [-0.3, -0.25) is 19.3 Å². The first kappa shape index (κ1) is 12.5. The monoisotopic (exact) mass is 267 g/mol. The SMILES string of the molecule is CCc1c(Cl)nc2c([N+](=O)[O-])cc(C)cn2c1=O. The van der Waals surface area contributed by atoms with Gasteiger partial charge in [0.25, 0.3) is 5.56 Å². The van der Waals surface area contributed by atoms with Crippen molar-refractivity contribution in [1.82, 2.24) is 9.38 Å². The van der Waals surface area contributed by atoms with Crippen LogP contribution in [0.5, 0.6) is 0 Å². The second kappa shape index (κ2) is 4.38. The fraction of sp³-hybridized carbons (Fsp3) is 0.273. The van der Waals surface area contributed by atoms with Crippen LogP contribution in [0.4, 0.5) is 5.69 Å². The Labute approximate surface area is 107 Å². The van der Waals surface area contributed by atoms with Gasteiger partial charge >= 0.3 is 5.69 Å². The highest BCUT2D eigenvalue weighted by Crippen LogP contribution is 2.21. The number of hydrogen-bond donors (Lipinski definition) is 0. The minimum atomic E-state index is -0.573. The molecule has 2 rings (SSSR count). The average Bonchev–Trinajstić information content (AvgIpc) is 2.30. The summed E-state index contributed by atoms with van der Waals surface area (Å²) in [5.74, 6) is 0. The Morgan fingerprint density at radius 2 is 2.22 bits per heavy atom. The highest BCUT2D eigenvalue weighted by atomic mass is 35.5. The molecule has 0 saturated carbocycles. The zero-order chi connectivity index (χ0) is 13.4. The van der Waals surface area contributed by atoms with E-state index in [-0.39, 0.29) is 22.0 Å². The summed E-state index contributed by atoms with van der Waals surface area (Å²) in [5, 5.41) is 11.0. The van der Waals surface area contributed by atoms with Crippen LogP contribution in [0.3, 0.4) is 0 Å². The fourth-order valence-corrected chi connectivity index (χ4v) is 2.09. The van der Waals surface area contributed by atoms with Crippen molar-refractivity contribution >= 4 is 22.9 Å². The number of halogens is 1. The van der Waals surface area contributed by atoms with Gasteiger partial charge in [-0.15, -0.1) is 0 Å². The van der Waals surface area contributed by atoms with E-state index in [4.69, 9.17) is 11.6 Å². The molecule has 0 aromatic carbocycles. The second-order valence-corrected chi connectivity index (χ2v) is 4.25. The van der Waals surface area contributed by atoms with E-state index < -0.39 is 4.92 Å². The highest BCUT2D eigenvalue weighted by Gasteiger charge is 2.18. The Kier molecular flexibility index (Phi) is 3.04. The molecule has 0 N–H and O–H groups in total. The molecule has 6 nitrogen and oxygen atoms in total. The maximum atomic E-state index is 12.1. The molecule has 0 radical (unpaired) electrons. The summed E-state index contributed by atoms with van der Waals surface area (Å²) in [6, 6.07) is 1.36. The third-order valence-corrected chi connectivity index (χ3v) is 2.95. The maximum absolute atomic E-state index is 12.1. The van der Waals surface area contributed by atoms with Crippen molar-refractivity contribution in [2.24, 2.45) is 0 Å². The molecule has 0 bridgehead atoms. The Bertz CT molecular complexity index is 709. The molecular formula is C11H10ClN3O3. The summed E-state index contributed by atoms with van der Waals surface area (Å²) >= 11 is 5.88. The molecular weight excluding hydrogens is 258 g/mol. The number of rotatable bonds is 2. The average molecular weight is 268 g/mol. The normalized spacial score (nSPS) is 10.8. The first-order valence-corrected chi connectivity index (χ1v) is 5.69. The number of nitrogens with zero attached hydrogens (tertiary/aromatic N) is 3. The van der Waals surface area contributed by atoms with Gasteiger partial charge in [0.1, 0.15) is 5.15 Å². The molecule has 18 heavy (non-hydrogen) atoms. The van der Waals surface area contributed by atoms with Crippen molar-refractivity contribution in [3.8, 4) is 0 Å². The first-order chi connectivity index (χ1) is 8.45. The van der Waals surface area contributed by atoms with Crippen molar-refractivity contribution in [3.63, 3.8) is 0 Å². The van der Waals surface area contributed by atoms with Gasteiger partial charge in [0.15, 0.2) is 0 Å². The number of fused-ring (bicyclic) bond motifs is 1. The lowest BCUT2D eigenvalue weighted by atomic mass is 10.2. The summed E-state index contributed by atoms with van der Waals surface area (Å²) < 4.78 is 1.18. The van der Waals surface area contributed by atoms with E-state index in [0.29, 0.717) is 17.5 Å². The topological polar surface area (TPSA) is 77.5 Å². The van der Waals surface area contributed by atoms with Crippen LogP contribution in [0.15, 0.2) is 17.1 Å². The maximum Gasteiger partial charge on any atom is 0.312 e. The van der Waals surface area contributed by atoms with Crippen LogP contribution in [-0.4, -0.2) is 14.3 Å². The van der Waals surface area contributed by atoms with Gasteiger partial charge in [0.2, 0.25) is 5.65 Å². The van der Waals surface area contributed by atoms with Gasteiger partial charge in [-0.2, -0.15) is 0 Å². The van der Waals surface area contributed by atoms with Crippen LogP contribution >= 0.6 is 11.6 Å². The Balaban J connectivity index is 3.01. The molecule has 7 heteroatoms. The highest BCUT2D eigenvalue weighted by molar-refractivity contribution is 6.30. The van der Waals surface area contributed by atoms with E-state index in [9.17, 15) is 14.9 Å². The van der Waals surface area contributed by atoms with Crippen LogP contribution in [0, 0.1) is 17.0 Å². The quantitative estimate of drug-likeness (QED) is 0.474. The van der Waals surface area contributed by atoms with Crippen molar-refractivity contribution in [1.29, 1.82) is 0 Å². The van der Waals surface area contributed by atoms with E-state index in [1.54, 1.807) is 13.8 Å². The van der Waals surface area contributed by atoms with Gasteiger partial charge in [-0.05, 0) is 18.9 Å². The molecule has 0 fully saturated rings. The Morgan fingerprint density at radius 1 is 1.56 bits per heavy atom.